The Morgan fingerprint density at radius 3 is 2.91 bits per heavy atom. The molecule has 2 aliphatic rings. The van der Waals surface area contributed by atoms with Crippen LogP contribution in [0.15, 0.2) is 22.7 Å². The summed E-state index contributed by atoms with van der Waals surface area (Å²) in [6.45, 7) is 2.10. The zero-order valence-electron chi connectivity index (χ0n) is 13.1. The van der Waals surface area contributed by atoms with E-state index in [2.05, 4.69) is 38.5 Å². The number of rotatable bonds is 7. The molecule has 0 aromatic carbocycles. The van der Waals surface area contributed by atoms with Crippen LogP contribution in [-0.2, 0) is 4.79 Å². The predicted molar refractivity (Wildman–Crippen MR) is 92.7 cm³/mol. The summed E-state index contributed by atoms with van der Waals surface area (Å²) in [5.41, 5.74) is 0. The molecule has 0 radical (unpaired) electrons. The summed E-state index contributed by atoms with van der Waals surface area (Å²) in [5.74, 6) is 2.13. The summed E-state index contributed by atoms with van der Waals surface area (Å²) >= 11 is 3.18. The third-order valence-electron chi connectivity index (χ3n) is 4.37. The second kappa shape index (κ2) is 6.28. The molecule has 2 heterocycles. The van der Waals surface area contributed by atoms with Gasteiger partial charge in [-0.3, -0.25) is 9.36 Å². The van der Waals surface area contributed by atoms with Gasteiger partial charge in [-0.1, -0.05) is 17.8 Å². The van der Waals surface area contributed by atoms with E-state index in [1.165, 1.54) is 37.4 Å². The maximum Gasteiger partial charge on any atom is 0.230 e. The van der Waals surface area contributed by atoms with Crippen LogP contribution in [0.2, 0.25) is 0 Å². The van der Waals surface area contributed by atoms with Crippen LogP contribution in [0.25, 0.3) is 10.7 Å². The Bertz CT molecular complexity index is 689. The van der Waals surface area contributed by atoms with E-state index in [0.29, 0.717) is 23.8 Å². The number of nitrogens with one attached hydrogen (secondary N) is 1. The van der Waals surface area contributed by atoms with Crippen molar-refractivity contribution in [2.45, 2.75) is 49.8 Å². The van der Waals surface area contributed by atoms with Crippen molar-refractivity contribution in [2.24, 2.45) is 5.92 Å². The Kier molecular flexibility index (Phi) is 4.15. The first-order chi connectivity index (χ1) is 11.2. The normalized spacial score (nSPS) is 18.8. The van der Waals surface area contributed by atoms with Crippen molar-refractivity contribution in [1.29, 1.82) is 0 Å². The van der Waals surface area contributed by atoms with Crippen molar-refractivity contribution in [1.82, 2.24) is 20.1 Å². The minimum Gasteiger partial charge on any atom is -0.353 e. The highest BCUT2D eigenvalue weighted by molar-refractivity contribution is 7.99. The lowest BCUT2D eigenvalue weighted by molar-refractivity contribution is -0.119. The average Bonchev–Trinajstić information content (AvgIpc) is 3.46. The van der Waals surface area contributed by atoms with Crippen LogP contribution in [0, 0.1) is 5.92 Å². The summed E-state index contributed by atoms with van der Waals surface area (Å²) in [6.07, 6.45) is 4.84. The number of carbonyl (C=O) groups is 1. The number of hydrogen-bond acceptors (Lipinski definition) is 5. The van der Waals surface area contributed by atoms with Crippen LogP contribution in [0.4, 0.5) is 0 Å². The van der Waals surface area contributed by atoms with E-state index in [0.717, 1.165) is 15.9 Å². The van der Waals surface area contributed by atoms with Gasteiger partial charge in [0.15, 0.2) is 11.0 Å². The van der Waals surface area contributed by atoms with Gasteiger partial charge in [0.2, 0.25) is 5.91 Å². The first kappa shape index (κ1) is 15.2. The van der Waals surface area contributed by atoms with Gasteiger partial charge < -0.3 is 5.32 Å². The van der Waals surface area contributed by atoms with Gasteiger partial charge in [-0.05, 0) is 50.0 Å². The van der Waals surface area contributed by atoms with Gasteiger partial charge in [-0.15, -0.1) is 21.5 Å². The average molecular weight is 348 g/mol. The molecule has 2 fully saturated rings. The van der Waals surface area contributed by atoms with Crippen molar-refractivity contribution in [2.75, 3.05) is 5.75 Å². The van der Waals surface area contributed by atoms with E-state index in [1.54, 1.807) is 11.3 Å². The van der Waals surface area contributed by atoms with Crippen LogP contribution >= 0.6 is 23.1 Å². The van der Waals surface area contributed by atoms with Crippen molar-refractivity contribution in [3.63, 3.8) is 0 Å². The Morgan fingerprint density at radius 1 is 1.43 bits per heavy atom. The molecular formula is C16H20N4OS2. The van der Waals surface area contributed by atoms with Crippen LogP contribution in [0.1, 0.15) is 38.6 Å². The maximum absolute atomic E-state index is 12.1. The lowest BCUT2D eigenvalue weighted by Gasteiger charge is -2.12. The lowest BCUT2D eigenvalue weighted by Crippen LogP contribution is -2.35. The van der Waals surface area contributed by atoms with Gasteiger partial charge >= 0.3 is 0 Å². The SMILES string of the molecule is C[C@@H](NC(=O)CSc1nnc(-c2cccs2)n1C1CC1)C1CC1. The molecule has 4 rings (SSSR count). The minimum absolute atomic E-state index is 0.0948. The zero-order valence-corrected chi connectivity index (χ0v) is 14.7. The zero-order chi connectivity index (χ0) is 15.8. The van der Waals surface area contributed by atoms with Gasteiger partial charge in [0, 0.05) is 12.1 Å². The van der Waals surface area contributed by atoms with E-state index < -0.39 is 0 Å². The smallest absolute Gasteiger partial charge is 0.230 e. The number of nitrogens with zero attached hydrogens (tertiary/aromatic N) is 3. The van der Waals surface area contributed by atoms with Crippen molar-refractivity contribution >= 4 is 29.0 Å². The van der Waals surface area contributed by atoms with E-state index in [4.69, 9.17) is 0 Å². The third kappa shape index (κ3) is 3.45. The van der Waals surface area contributed by atoms with Crippen LogP contribution < -0.4 is 5.32 Å². The molecular weight excluding hydrogens is 328 g/mol. The quantitative estimate of drug-likeness (QED) is 0.780. The van der Waals surface area contributed by atoms with E-state index >= 15 is 0 Å². The Hall–Kier alpha value is -1.34. The lowest BCUT2D eigenvalue weighted by atomic mass is 10.2. The molecule has 2 saturated carbocycles. The molecule has 1 atom stereocenters. The van der Waals surface area contributed by atoms with Crippen molar-refractivity contribution in [3.05, 3.63) is 17.5 Å². The van der Waals surface area contributed by atoms with Crippen LogP contribution in [0.5, 0.6) is 0 Å². The van der Waals surface area contributed by atoms with Gasteiger partial charge in [-0.2, -0.15) is 0 Å². The summed E-state index contributed by atoms with van der Waals surface area (Å²) < 4.78 is 2.22. The first-order valence-electron chi connectivity index (χ1n) is 8.13. The standard InChI is InChI=1S/C16H20N4OS2/c1-10(11-4-5-11)17-14(21)9-23-16-19-18-15(13-3-2-8-22-13)20(16)12-6-7-12/h2-3,8,10-12H,4-7,9H2,1H3,(H,17,21)/t10-/m1/s1. The molecule has 122 valence electrons. The number of thiophene rings is 1. The molecule has 0 spiro atoms. The molecule has 2 aromatic heterocycles. The van der Waals surface area contributed by atoms with Gasteiger partial charge in [0.1, 0.15) is 0 Å². The second-order valence-corrected chi connectivity index (χ2v) is 8.26. The Balaban J connectivity index is 1.43. The van der Waals surface area contributed by atoms with Crippen LogP contribution in [-0.4, -0.2) is 32.5 Å². The molecule has 0 unspecified atom stereocenters. The number of aromatic nitrogens is 3. The summed E-state index contributed by atoms with van der Waals surface area (Å²) in [4.78, 5) is 13.2. The van der Waals surface area contributed by atoms with Crippen molar-refractivity contribution in [3.8, 4) is 10.7 Å². The molecule has 23 heavy (non-hydrogen) atoms. The molecule has 2 aromatic rings. The number of hydrogen-bond donors (Lipinski definition) is 1. The van der Waals surface area contributed by atoms with Gasteiger partial charge in [0.25, 0.3) is 0 Å². The highest BCUT2D eigenvalue weighted by Crippen LogP contribution is 2.41. The molecule has 0 aliphatic heterocycles. The Labute approximate surface area is 143 Å². The monoisotopic (exact) mass is 348 g/mol. The van der Waals surface area contributed by atoms with E-state index in [1.807, 2.05) is 6.07 Å². The molecule has 1 amide bonds. The fourth-order valence-electron chi connectivity index (χ4n) is 2.75. The maximum atomic E-state index is 12.1. The highest BCUT2D eigenvalue weighted by atomic mass is 32.2. The van der Waals surface area contributed by atoms with Gasteiger partial charge in [0.05, 0.1) is 10.6 Å². The number of thioether (sulfide) groups is 1. The number of carbonyl (C=O) groups excluding carboxylic acids is 1. The molecule has 7 heteroatoms. The van der Waals surface area contributed by atoms with Crippen molar-refractivity contribution < 1.29 is 4.79 Å². The topological polar surface area (TPSA) is 59.8 Å². The molecule has 2 aliphatic carbocycles. The Morgan fingerprint density at radius 2 is 2.26 bits per heavy atom. The minimum atomic E-state index is 0.0948. The molecule has 0 saturated heterocycles. The fourth-order valence-corrected chi connectivity index (χ4v) is 4.27. The summed E-state index contributed by atoms with van der Waals surface area (Å²) in [7, 11) is 0. The second-order valence-electron chi connectivity index (χ2n) is 6.37. The molecule has 0 bridgehead atoms. The molecule has 1 N–H and O–H groups in total. The predicted octanol–water partition coefficient (Wildman–Crippen LogP) is 3.35. The summed E-state index contributed by atoms with van der Waals surface area (Å²) in [6, 6.07) is 4.90. The first-order valence-corrected chi connectivity index (χ1v) is 10.00. The highest BCUT2D eigenvalue weighted by Gasteiger charge is 2.31. The van der Waals surface area contributed by atoms with Gasteiger partial charge in [-0.25, -0.2) is 0 Å². The van der Waals surface area contributed by atoms with E-state index in [9.17, 15) is 4.79 Å². The summed E-state index contributed by atoms with van der Waals surface area (Å²) in [5, 5.41) is 14.7. The largest absolute Gasteiger partial charge is 0.353 e. The van der Waals surface area contributed by atoms with E-state index in [-0.39, 0.29) is 5.91 Å². The molecule has 5 nitrogen and oxygen atoms in total. The third-order valence-corrected chi connectivity index (χ3v) is 6.18. The fraction of sp³-hybridized carbons (Fsp3) is 0.562. The number of amides is 1. The van der Waals surface area contributed by atoms with Crippen LogP contribution in [0.3, 0.4) is 0 Å².